The first-order valence-electron chi connectivity index (χ1n) is 10.1. The van der Waals surface area contributed by atoms with Crippen LogP contribution in [0.1, 0.15) is 24.4 Å². The molecule has 0 spiro atoms. The summed E-state index contributed by atoms with van der Waals surface area (Å²) in [5.74, 6) is 1.93. The highest BCUT2D eigenvalue weighted by atomic mass is 16.5. The Morgan fingerprint density at radius 1 is 1.07 bits per heavy atom. The lowest BCUT2D eigenvalue weighted by molar-refractivity contribution is 0.129. The van der Waals surface area contributed by atoms with Crippen molar-refractivity contribution in [2.24, 2.45) is 4.99 Å². The number of benzene rings is 2. The highest BCUT2D eigenvalue weighted by Gasteiger charge is 2.23. The lowest BCUT2D eigenvalue weighted by Gasteiger charge is -2.35. The molecule has 1 aliphatic rings. The number of hydrogen-bond donors (Lipinski definition) is 1. The average Bonchev–Trinajstić information content (AvgIpc) is 2.73. The SMILES string of the molecule is CN=C(NCC(c1ccccc1)N(C)C)N1CCC(Oc2ccccc2)CC1. The van der Waals surface area contributed by atoms with E-state index in [9.17, 15) is 0 Å². The molecule has 0 aromatic heterocycles. The maximum absolute atomic E-state index is 6.11. The molecule has 1 saturated heterocycles. The summed E-state index contributed by atoms with van der Waals surface area (Å²) < 4.78 is 6.11. The van der Waals surface area contributed by atoms with Gasteiger partial charge in [0, 0.05) is 39.5 Å². The second-order valence-electron chi connectivity index (χ2n) is 7.44. The van der Waals surface area contributed by atoms with E-state index >= 15 is 0 Å². The maximum atomic E-state index is 6.11. The van der Waals surface area contributed by atoms with E-state index in [4.69, 9.17) is 4.74 Å². The van der Waals surface area contributed by atoms with Gasteiger partial charge in [-0.2, -0.15) is 0 Å². The Morgan fingerprint density at radius 3 is 2.25 bits per heavy atom. The Kier molecular flexibility index (Phi) is 7.31. The zero-order chi connectivity index (χ0) is 19.8. The first kappa shape index (κ1) is 20.2. The van der Waals surface area contributed by atoms with Crippen LogP contribution in [0.25, 0.3) is 0 Å². The van der Waals surface area contributed by atoms with Gasteiger partial charge in [-0.05, 0) is 31.8 Å². The Hall–Kier alpha value is -2.53. The van der Waals surface area contributed by atoms with E-state index in [1.165, 1.54) is 5.56 Å². The summed E-state index contributed by atoms with van der Waals surface area (Å²) in [6.45, 7) is 2.73. The number of guanidine groups is 1. The van der Waals surface area contributed by atoms with Crippen LogP contribution in [-0.2, 0) is 0 Å². The molecule has 1 fully saturated rings. The lowest BCUT2D eigenvalue weighted by Crippen LogP contribution is -2.49. The number of aliphatic imine (C=N–C) groups is 1. The van der Waals surface area contributed by atoms with Crippen LogP contribution in [0.4, 0.5) is 0 Å². The number of likely N-dealkylation sites (tertiary alicyclic amines) is 1. The molecule has 1 aliphatic heterocycles. The summed E-state index contributed by atoms with van der Waals surface area (Å²) in [4.78, 5) is 9.10. The predicted molar refractivity (Wildman–Crippen MR) is 116 cm³/mol. The Morgan fingerprint density at radius 2 is 1.68 bits per heavy atom. The van der Waals surface area contributed by atoms with Crippen LogP contribution >= 0.6 is 0 Å². The minimum atomic E-state index is 0.274. The third-order valence-electron chi connectivity index (χ3n) is 5.26. The van der Waals surface area contributed by atoms with Crippen molar-refractivity contribution in [1.82, 2.24) is 15.1 Å². The van der Waals surface area contributed by atoms with Crippen molar-refractivity contribution in [3.05, 3.63) is 66.2 Å². The third-order valence-corrected chi connectivity index (χ3v) is 5.26. The second-order valence-corrected chi connectivity index (χ2v) is 7.44. The maximum Gasteiger partial charge on any atom is 0.193 e. The van der Waals surface area contributed by atoms with Crippen molar-refractivity contribution in [2.75, 3.05) is 40.8 Å². The molecule has 5 heteroatoms. The van der Waals surface area contributed by atoms with E-state index in [0.29, 0.717) is 6.04 Å². The monoisotopic (exact) mass is 380 g/mol. The van der Waals surface area contributed by atoms with Crippen molar-refractivity contribution in [3.63, 3.8) is 0 Å². The molecule has 1 heterocycles. The van der Waals surface area contributed by atoms with E-state index in [1.807, 2.05) is 37.4 Å². The van der Waals surface area contributed by atoms with Gasteiger partial charge in [-0.25, -0.2) is 0 Å². The van der Waals surface area contributed by atoms with Crippen LogP contribution in [0.2, 0.25) is 0 Å². The fourth-order valence-electron chi connectivity index (χ4n) is 3.67. The molecule has 150 valence electrons. The topological polar surface area (TPSA) is 40.1 Å². The predicted octanol–water partition coefficient (Wildman–Crippen LogP) is 3.41. The molecule has 0 aliphatic carbocycles. The second kappa shape index (κ2) is 10.1. The van der Waals surface area contributed by atoms with E-state index in [1.54, 1.807) is 0 Å². The van der Waals surface area contributed by atoms with Gasteiger partial charge in [-0.15, -0.1) is 0 Å². The van der Waals surface area contributed by atoms with E-state index < -0.39 is 0 Å². The molecular formula is C23H32N4O. The number of hydrogen-bond acceptors (Lipinski definition) is 3. The molecule has 5 nitrogen and oxygen atoms in total. The normalized spacial score (nSPS) is 16.9. The fraction of sp³-hybridized carbons (Fsp3) is 0.435. The summed E-state index contributed by atoms with van der Waals surface area (Å²) in [6, 6.07) is 21.0. The third kappa shape index (κ3) is 5.49. The van der Waals surface area contributed by atoms with Crippen molar-refractivity contribution in [1.29, 1.82) is 0 Å². The fourth-order valence-corrected chi connectivity index (χ4v) is 3.67. The van der Waals surface area contributed by atoms with Gasteiger partial charge in [0.05, 0.1) is 6.04 Å². The molecule has 0 amide bonds. The van der Waals surface area contributed by atoms with Crippen LogP contribution < -0.4 is 10.1 Å². The minimum Gasteiger partial charge on any atom is -0.490 e. The number of nitrogens with one attached hydrogen (secondary N) is 1. The highest BCUT2D eigenvalue weighted by molar-refractivity contribution is 5.80. The van der Waals surface area contributed by atoms with Gasteiger partial charge in [0.1, 0.15) is 11.9 Å². The first-order valence-corrected chi connectivity index (χ1v) is 10.1. The van der Waals surface area contributed by atoms with E-state index in [0.717, 1.165) is 44.2 Å². The Bertz CT molecular complexity index is 725. The van der Waals surface area contributed by atoms with Gasteiger partial charge in [-0.1, -0.05) is 48.5 Å². The van der Waals surface area contributed by atoms with Gasteiger partial charge in [0.25, 0.3) is 0 Å². The zero-order valence-electron chi connectivity index (χ0n) is 17.2. The number of para-hydroxylation sites is 1. The number of piperidine rings is 1. The molecule has 28 heavy (non-hydrogen) atoms. The summed E-state index contributed by atoms with van der Waals surface area (Å²) >= 11 is 0. The van der Waals surface area contributed by atoms with E-state index in [2.05, 4.69) is 64.5 Å². The molecule has 2 aromatic rings. The number of ether oxygens (including phenoxy) is 1. The van der Waals surface area contributed by atoms with Crippen molar-refractivity contribution in [3.8, 4) is 5.75 Å². The smallest absolute Gasteiger partial charge is 0.193 e. The van der Waals surface area contributed by atoms with Crippen LogP contribution in [-0.4, -0.2) is 62.6 Å². The van der Waals surface area contributed by atoms with Gasteiger partial charge < -0.3 is 19.9 Å². The summed E-state index contributed by atoms with van der Waals surface area (Å²) in [7, 11) is 6.10. The average molecular weight is 381 g/mol. The number of nitrogens with zero attached hydrogens (tertiary/aromatic N) is 3. The number of likely N-dealkylation sites (N-methyl/N-ethyl adjacent to an activating group) is 1. The molecule has 1 atom stereocenters. The summed E-state index contributed by atoms with van der Waals surface area (Å²) in [6.07, 6.45) is 2.28. The van der Waals surface area contributed by atoms with Crippen LogP contribution in [0.15, 0.2) is 65.7 Å². The molecule has 0 radical (unpaired) electrons. The summed E-state index contributed by atoms with van der Waals surface area (Å²) in [5, 5.41) is 3.58. The minimum absolute atomic E-state index is 0.274. The van der Waals surface area contributed by atoms with Crippen molar-refractivity contribution < 1.29 is 4.74 Å². The molecule has 0 saturated carbocycles. The zero-order valence-corrected chi connectivity index (χ0v) is 17.2. The van der Waals surface area contributed by atoms with Gasteiger partial charge >= 0.3 is 0 Å². The standard InChI is InChI=1S/C23H32N4O/c1-24-23(25-18-22(26(2)3)19-10-6-4-7-11-19)27-16-14-21(15-17-27)28-20-12-8-5-9-13-20/h4-13,21-22H,14-18H2,1-3H3,(H,24,25). The van der Waals surface area contributed by atoms with Crippen LogP contribution in [0, 0.1) is 0 Å². The van der Waals surface area contributed by atoms with Gasteiger partial charge in [-0.3, -0.25) is 4.99 Å². The van der Waals surface area contributed by atoms with Gasteiger partial charge in [0.15, 0.2) is 5.96 Å². The van der Waals surface area contributed by atoms with Crippen molar-refractivity contribution >= 4 is 5.96 Å². The Labute approximate surface area is 169 Å². The highest BCUT2D eigenvalue weighted by Crippen LogP contribution is 2.20. The first-order chi connectivity index (χ1) is 13.7. The lowest BCUT2D eigenvalue weighted by atomic mass is 10.1. The quantitative estimate of drug-likeness (QED) is 0.616. The molecular weight excluding hydrogens is 348 g/mol. The largest absolute Gasteiger partial charge is 0.490 e. The van der Waals surface area contributed by atoms with Crippen LogP contribution in [0.5, 0.6) is 5.75 Å². The molecule has 0 bridgehead atoms. The molecule has 2 aromatic carbocycles. The van der Waals surface area contributed by atoms with Gasteiger partial charge in [0.2, 0.25) is 0 Å². The summed E-state index contributed by atoms with van der Waals surface area (Å²) in [5.41, 5.74) is 1.31. The molecule has 1 N–H and O–H groups in total. The Balaban J connectivity index is 1.52. The molecule has 3 rings (SSSR count). The van der Waals surface area contributed by atoms with Crippen LogP contribution in [0.3, 0.4) is 0 Å². The van der Waals surface area contributed by atoms with Crippen molar-refractivity contribution in [2.45, 2.75) is 25.0 Å². The molecule has 1 unspecified atom stereocenters. The van der Waals surface area contributed by atoms with E-state index in [-0.39, 0.29) is 6.10 Å². The number of rotatable bonds is 6.